The molecule has 0 spiro atoms. The van der Waals surface area contributed by atoms with Gasteiger partial charge >= 0.3 is 0 Å². The molecule has 1 N–H and O–H groups in total. The van der Waals surface area contributed by atoms with E-state index in [4.69, 9.17) is 16.3 Å². The van der Waals surface area contributed by atoms with Crippen molar-refractivity contribution in [1.29, 1.82) is 0 Å². The standard InChI is InChI=1S/C18H24ClN5O2S/c1-3-24-16(11-23-7-9-26-10-8-23)21-22-18(24)27-12-17(25)20-15-6-4-5-14(19)13(15)2/h4-6H,3,7-12H2,1-2H3,(H,20,25). The Labute approximate surface area is 168 Å². The van der Waals surface area contributed by atoms with Crippen molar-refractivity contribution in [2.45, 2.75) is 32.1 Å². The molecule has 1 aliphatic heterocycles. The van der Waals surface area contributed by atoms with E-state index in [1.165, 1.54) is 11.8 Å². The predicted octanol–water partition coefficient (Wildman–Crippen LogP) is 2.82. The summed E-state index contributed by atoms with van der Waals surface area (Å²) < 4.78 is 7.45. The van der Waals surface area contributed by atoms with Gasteiger partial charge in [0.15, 0.2) is 5.16 Å². The van der Waals surface area contributed by atoms with Crippen molar-refractivity contribution in [2.75, 3.05) is 37.4 Å². The van der Waals surface area contributed by atoms with Crippen molar-refractivity contribution in [1.82, 2.24) is 19.7 Å². The molecule has 1 amide bonds. The molecule has 27 heavy (non-hydrogen) atoms. The lowest BCUT2D eigenvalue weighted by Gasteiger charge is -2.26. The fourth-order valence-electron chi connectivity index (χ4n) is 2.88. The van der Waals surface area contributed by atoms with Crippen molar-refractivity contribution in [3.63, 3.8) is 0 Å². The molecule has 7 nitrogen and oxygen atoms in total. The van der Waals surface area contributed by atoms with Gasteiger partial charge < -0.3 is 14.6 Å². The lowest BCUT2D eigenvalue weighted by atomic mass is 10.2. The molecule has 0 aliphatic carbocycles. The molecule has 0 radical (unpaired) electrons. The van der Waals surface area contributed by atoms with Crippen molar-refractivity contribution >= 4 is 35.0 Å². The number of anilines is 1. The van der Waals surface area contributed by atoms with E-state index in [1.54, 1.807) is 6.07 Å². The van der Waals surface area contributed by atoms with Crippen LogP contribution >= 0.6 is 23.4 Å². The molecule has 1 fully saturated rings. The summed E-state index contributed by atoms with van der Waals surface area (Å²) in [5.74, 6) is 1.10. The van der Waals surface area contributed by atoms with Gasteiger partial charge in [-0.3, -0.25) is 9.69 Å². The smallest absolute Gasteiger partial charge is 0.234 e. The molecule has 0 atom stereocenters. The summed E-state index contributed by atoms with van der Waals surface area (Å²) in [6.45, 7) is 8.78. The van der Waals surface area contributed by atoms with Crippen LogP contribution in [0.4, 0.5) is 5.69 Å². The number of hydrogen-bond acceptors (Lipinski definition) is 6. The highest BCUT2D eigenvalue weighted by atomic mass is 35.5. The van der Waals surface area contributed by atoms with Gasteiger partial charge in [-0.25, -0.2) is 0 Å². The normalized spacial score (nSPS) is 15.1. The summed E-state index contributed by atoms with van der Waals surface area (Å²) in [5, 5.41) is 12.9. The van der Waals surface area contributed by atoms with Crippen LogP contribution in [0.1, 0.15) is 18.3 Å². The number of amides is 1. The molecular weight excluding hydrogens is 386 g/mol. The second-order valence-electron chi connectivity index (χ2n) is 6.28. The third-order valence-corrected chi connectivity index (χ3v) is 5.83. The van der Waals surface area contributed by atoms with Gasteiger partial charge in [0.25, 0.3) is 0 Å². The van der Waals surface area contributed by atoms with Crippen LogP contribution in [0.3, 0.4) is 0 Å². The zero-order valence-electron chi connectivity index (χ0n) is 15.6. The highest BCUT2D eigenvalue weighted by Crippen LogP contribution is 2.24. The van der Waals surface area contributed by atoms with E-state index in [0.717, 1.165) is 61.6 Å². The Morgan fingerprint density at radius 1 is 1.33 bits per heavy atom. The summed E-state index contributed by atoms with van der Waals surface area (Å²) >= 11 is 7.50. The third kappa shape index (κ3) is 5.22. The van der Waals surface area contributed by atoms with E-state index in [1.807, 2.05) is 19.1 Å². The van der Waals surface area contributed by atoms with Gasteiger partial charge in [0, 0.05) is 30.3 Å². The number of aromatic nitrogens is 3. The maximum atomic E-state index is 12.3. The lowest BCUT2D eigenvalue weighted by molar-refractivity contribution is -0.113. The van der Waals surface area contributed by atoms with E-state index in [2.05, 4.69) is 31.9 Å². The highest BCUT2D eigenvalue weighted by molar-refractivity contribution is 7.99. The molecule has 146 valence electrons. The lowest BCUT2D eigenvalue weighted by Crippen LogP contribution is -2.36. The van der Waals surface area contributed by atoms with Gasteiger partial charge in [-0.2, -0.15) is 0 Å². The first-order chi connectivity index (χ1) is 13.1. The van der Waals surface area contributed by atoms with E-state index in [9.17, 15) is 4.79 Å². The Morgan fingerprint density at radius 2 is 2.11 bits per heavy atom. The second kappa shape index (κ2) is 9.54. The number of nitrogens with one attached hydrogen (secondary N) is 1. The van der Waals surface area contributed by atoms with Crippen LogP contribution < -0.4 is 5.32 Å². The molecule has 1 saturated heterocycles. The van der Waals surface area contributed by atoms with Crippen LogP contribution in [0.25, 0.3) is 0 Å². The van der Waals surface area contributed by atoms with E-state index >= 15 is 0 Å². The maximum Gasteiger partial charge on any atom is 0.234 e. The van der Waals surface area contributed by atoms with Crippen LogP contribution in [0.5, 0.6) is 0 Å². The number of benzene rings is 1. The van der Waals surface area contributed by atoms with Crippen molar-refractivity contribution < 1.29 is 9.53 Å². The summed E-state index contributed by atoms with van der Waals surface area (Å²) in [4.78, 5) is 14.6. The van der Waals surface area contributed by atoms with E-state index in [-0.39, 0.29) is 11.7 Å². The Hall–Kier alpha value is -1.61. The Kier molecular flexibility index (Phi) is 7.12. The number of carbonyl (C=O) groups excluding carboxylic acids is 1. The molecule has 2 aromatic rings. The average Bonchev–Trinajstić information content (AvgIpc) is 3.06. The molecule has 1 aromatic heterocycles. The molecule has 0 bridgehead atoms. The SMILES string of the molecule is CCn1c(CN2CCOCC2)nnc1SCC(=O)Nc1cccc(Cl)c1C. The van der Waals surface area contributed by atoms with E-state index < -0.39 is 0 Å². The van der Waals surface area contributed by atoms with Gasteiger partial charge in [-0.15, -0.1) is 10.2 Å². The van der Waals surface area contributed by atoms with E-state index in [0.29, 0.717) is 5.02 Å². The number of carbonyl (C=O) groups is 1. The molecular formula is C18H24ClN5O2S. The van der Waals surface area contributed by atoms with Gasteiger partial charge in [0.1, 0.15) is 5.82 Å². The first kappa shape index (κ1) is 20.1. The number of morpholine rings is 1. The van der Waals surface area contributed by atoms with Crippen LogP contribution in [-0.2, 0) is 22.6 Å². The second-order valence-corrected chi connectivity index (χ2v) is 7.63. The minimum atomic E-state index is -0.0919. The molecule has 2 heterocycles. The molecule has 1 aromatic carbocycles. The summed E-state index contributed by atoms with van der Waals surface area (Å²) in [6.07, 6.45) is 0. The maximum absolute atomic E-state index is 12.3. The van der Waals surface area contributed by atoms with Crippen LogP contribution in [0.15, 0.2) is 23.4 Å². The molecule has 0 unspecified atom stereocenters. The Bertz CT molecular complexity index is 792. The number of thioether (sulfide) groups is 1. The van der Waals surface area contributed by atoms with Gasteiger partial charge in [0.2, 0.25) is 5.91 Å². The van der Waals surface area contributed by atoms with Crippen LogP contribution in [0.2, 0.25) is 5.02 Å². The van der Waals surface area contributed by atoms with Gasteiger partial charge in [-0.1, -0.05) is 29.4 Å². The Morgan fingerprint density at radius 3 is 2.85 bits per heavy atom. The fraction of sp³-hybridized carbons (Fsp3) is 0.500. The van der Waals surface area contributed by atoms with Crippen molar-refractivity contribution in [3.8, 4) is 0 Å². The minimum absolute atomic E-state index is 0.0919. The largest absolute Gasteiger partial charge is 0.379 e. The predicted molar refractivity (Wildman–Crippen MR) is 107 cm³/mol. The van der Waals surface area contributed by atoms with Gasteiger partial charge in [-0.05, 0) is 31.5 Å². The quantitative estimate of drug-likeness (QED) is 0.709. The number of hydrogen-bond donors (Lipinski definition) is 1. The number of nitrogens with zero attached hydrogens (tertiary/aromatic N) is 4. The molecule has 9 heteroatoms. The van der Waals surface area contributed by atoms with Gasteiger partial charge in [0.05, 0.1) is 25.5 Å². The summed E-state index contributed by atoms with van der Waals surface area (Å²) in [6, 6.07) is 5.48. The monoisotopic (exact) mass is 409 g/mol. The molecule has 3 rings (SSSR count). The number of ether oxygens (including phenoxy) is 1. The molecule has 0 saturated carbocycles. The summed E-state index contributed by atoms with van der Waals surface area (Å²) in [7, 11) is 0. The fourth-order valence-corrected chi connectivity index (χ4v) is 3.87. The first-order valence-corrected chi connectivity index (χ1v) is 10.3. The van der Waals surface area contributed by atoms with Crippen molar-refractivity contribution in [3.05, 3.63) is 34.6 Å². The zero-order valence-corrected chi connectivity index (χ0v) is 17.1. The van der Waals surface area contributed by atoms with Crippen LogP contribution in [-0.4, -0.2) is 57.6 Å². The average molecular weight is 410 g/mol. The molecule has 1 aliphatic rings. The Balaban J connectivity index is 1.58. The third-order valence-electron chi connectivity index (χ3n) is 4.45. The van der Waals surface area contributed by atoms with Crippen molar-refractivity contribution in [2.24, 2.45) is 0 Å². The number of rotatable bonds is 7. The first-order valence-electron chi connectivity index (χ1n) is 8.98. The highest BCUT2D eigenvalue weighted by Gasteiger charge is 2.18. The zero-order chi connectivity index (χ0) is 19.2. The number of halogens is 1. The van der Waals surface area contributed by atoms with Crippen LogP contribution in [0, 0.1) is 6.92 Å². The summed E-state index contributed by atoms with van der Waals surface area (Å²) in [5.41, 5.74) is 1.60. The topological polar surface area (TPSA) is 72.3 Å². The minimum Gasteiger partial charge on any atom is -0.379 e.